The van der Waals surface area contributed by atoms with Crippen LogP contribution in [-0.4, -0.2) is 15.3 Å². The van der Waals surface area contributed by atoms with Crippen molar-refractivity contribution < 1.29 is 22.4 Å². The molecule has 2 heterocycles. The lowest BCUT2D eigenvalue weighted by Crippen LogP contribution is -2.16. The fourth-order valence-electron chi connectivity index (χ4n) is 3.88. The number of imidazole rings is 1. The van der Waals surface area contributed by atoms with Gasteiger partial charge >= 0.3 is 6.18 Å². The van der Waals surface area contributed by atoms with E-state index in [1.807, 2.05) is 0 Å². The van der Waals surface area contributed by atoms with Crippen molar-refractivity contribution in [3.05, 3.63) is 54.0 Å². The minimum atomic E-state index is -4.52. The molecule has 0 unspecified atom stereocenters. The third-order valence-electron chi connectivity index (χ3n) is 5.25. The molecule has 1 aliphatic rings. The van der Waals surface area contributed by atoms with E-state index in [1.165, 1.54) is 28.7 Å². The van der Waals surface area contributed by atoms with E-state index < -0.39 is 17.6 Å². The lowest BCUT2D eigenvalue weighted by atomic mass is 10.0. The highest BCUT2D eigenvalue weighted by atomic mass is 19.4. The van der Waals surface area contributed by atoms with Gasteiger partial charge < -0.3 is 5.32 Å². The maximum absolute atomic E-state index is 13.8. The van der Waals surface area contributed by atoms with Gasteiger partial charge in [-0.3, -0.25) is 9.20 Å². The Kier molecular flexibility index (Phi) is 5.02. The summed E-state index contributed by atoms with van der Waals surface area (Å²) in [5, 5.41) is 2.73. The Morgan fingerprint density at radius 2 is 1.93 bits per heavy atom. The predicted octanol–water partition coefficient (Wildman–Crippen LogP) is 5.68. The summed E-state index contributed by atoms with van der Waals surface area (Å²) in [6.45, 7) is 0. The molecule has 1 saturated carbocycles. The van der Waals surface area contributed by atoms with Crippen LogP contribution in [0, 0.1) is 11.7 Å². The van der Waals surface area contributed by atoms with Crippen LogP contribution in [0.15, 0.2) is 42.6 Å². The molecule has 0 bridgehead atoms. The number of benzene rings is 1. The molecule has 3 aromatic rings. The van der Waals surface area contributed by atoms with Crippen LogP contribution >= 0.6 is 0 Å². The van der Waals surface area contributed by atoms with Gasteiger partial charge in [-0.2, -0.15) is 13.2 Å². The molecule has 4 nitrogen and oxygen atoms in total. The molecule has 8 heteroatoms. The summed E-state index contributed by atoms with van der Waals surface area (Å²) in [5.41, 5.74) is -0.0981. The minimum absolute atomic E-state index is 0.123. The Bertz CT molecular complexity index is 1050. The van der Waals surface area contributed by atoms with Crippen LogP contribution in [0.25, 0.3) is 16.9 Å². The van der Waals surface area contributed by atoms with Crippen LogP contribution in [0.5, 0.6) is 0 Å². The van der Waals surface area contributed by atoms with Crippen LogP contribution in [0.2, 0.25) is 0 Å². The van der Waals surface area contributed by atoms with Gasteiger partial charge in [0.2, 0.25) is 5.91 Å². The highest BCUT2D eigenvalue weighted by Crippen LogP contribution is 2.35. The van der Waals surface area contributed by atoms with Crippen LogP contribution in [-0.2, 0) is 11.0 Å². The zero-order valence-corrected chi connectivity index (χ0v) is 15.5. The summed E-state index contributed by atoms with van der Waals surface area (Å²) >= 11 is 0. The molecule has 0 radical (unpaired) electrons. The molecule has 0 aliphatic heterocycles. The largest absolute Gasteiger partial charge is 0.416 e. The molecular formula is C21H19F4N3O. The van der Waals surface area contributed by atoms with E-state index in [2.05, 4.69) is 10.3 Å². The smallest absolute Gasteiger partial charge is 0.309 e. The monoisotopic (exact) mass is 405 g/mol. The number of rotatable bonds is 4. The first kappa shape index (κ1) is 19.4. The maximum Gasteiger partial charge on any atom is 0.416 e. The van der Waals surface area contributed by atoms with Crippen molar-refractivity contribution in [2.45, 2.75) is 38.3 Å². The second-order valence-electron chi connectivity index (χ2n) is 7.37. The van der Waals surface area contributed by atoms with E-state index in [4.69, 9.17) is 0 Å². The van der Waals surface area contributed by atoms with Crippen molar-refractivity contribution in [2.75, 3.05) is 5.32 Å². The number of alkyl halides is 3. The van der Waals surface area contributed by atoms with E-state index in [1.54, 1.807) is 0 Å². The molecule has 0 saturated heterocycles. The van der Waals surface area contributed by atoms with E-state index in [9.17, 15) is 22.4 Å². The summed E-state index contributed by atoms with van der Waals surface area (Å²) in [6, 6.07) is 7.32. The van der Waals surface area contributed by atoms with Gasteiger partial charge in [0.25, 0.3) is 0 Å². The average molecular weight is 405 g/mol. The number of nitrogens with zero attached hydrogens (tertiary/aromatic N) is 2. The van der Waals surface area contributed by atoms with Gasteiger partial charge in [0.1, 0.15) is 11.5 Å². The number of aromatic nitrogens is 2. The third-order valence-corrected chi connectivity index (χ3v) is 5.25. The van der Waals surface area contributed by atoms with E-state index >= 15 is 0 Å². The molecule has 29 heavy (non-hydrogen) atoms. The third kappa shape index (κ3) is 4.11. The molecule has 0 atom stereocenters. The molecule has 152 valence electrons. The highest BCUT2D eigenvalue weighted by molar-refractivity contribution is 5.94. The number of anilines is 1. The number of carbonyl (C=O) groups is 1. The molecule has 1 aliphatic carbocycles. The molecule has 1 N–H and O–H groups in total. The number of hydrogen-bond acceptors (Lipinski definition) is 2. The number of fused-ring (bicyclic) bond motifs is 1. The number of halogens is 4. The quantitative estimate of drug-likeness (QED) is 0.568. The number of carbonyl (C=O) groups excluding carboxylic acids is 1. The first-order chi connectivity index (χ1) is 13.8. The van der Waals surface area contributed by atoms with Crippen LogP contribution in [0.1, 0.15) is 37.7 Å². The van der Waals surface area contributed by atoms with Gasteiger partial charge in [0.15, 0.2) is 5.82 Å². The van der Waals surface area contributed by atoms with Gasteiger partial charge in [-0.05, 0) is 43.0 Å². The summed E-state index contributed by atoms with van der Waals surface area (Å²) < 4.78 is 54.7. The first-order valence-electron chi connectivity index (χ1n) is 9.46. The molecule has 0 spiro atoms. The summed E-state index contributed by atoms with van der Waals surface area (Å²) in [4.78, 5) is 16.8. The van der Waals surface area contributed by atoms with Crippen molar-refractivity contribution in [2.24, 2.45) is 5.92 Å². The fourth-order valence-corrected chi connectivity index (χ4v) is 3.88. The highest BCUT2D eigenvalue weighted by Gasteiger charge is 2.31. The second kappa shape index (κ2) is 7.50. The Morgan fingerprint density at radius 1 is 1.17 bits per heavy atom. The van der Waals surface area contributed by atoms with E-state index in [0.29, 0.717) is 18.0 Å². The van der Waals surface area contributed by atoms with Gasteiger partial charge in [-0.25, -0.2) is 9.37 Å². The zero-order chi connectivity index (χ0) is 20.6. The number of pyridine rings is 1. The molecular weight excluding hydrogens is 386 g/mol. The molecule has 2 aromatic heterocycles. The Hall–Kier alpha value is -2.90. The lowest BCUT2D eigenvalue weighted by Gasteiger charge is -2.12. The van der Waals surface area contributed by atoms with Crippen LogP contribution < -0.4 is 5.32 Å². The maximum atomic E-state index is 13.8. The van der Waals surface area contributed by atoms with Crippen molar-refractivity contribution in [1.29, 1.82) is 0 Å². The van der Waals surface area contributed by atoms with Crippen LogP contribution in [0.4, 0.5) is 23.4 Å². The number of amides is 1. The van der Waals surface area contributed by atoms with E-state index in [-0.39, 0.29) is 23.0 Å². The minimum Gasteiger partial charge on any atom is -0.309 e. The molecule has 1 amide bonds. The van der Waals surface area contributed by atoms with Gasteiger partial charge in [-0.15, -0.1) is 0 Å². The van der Waals surface area contributed by atoms with Crippen molar-refractivity contribution in [3.63, 3.8) is 0 Å². The van der Waals surface area contributed by atoms with Crippen molar-refractivity contribution >= 4 is 17.4 Å². The summed E-state index contributed by atoms with van der Waals surface area (Å²) in [6.07, 6.45) is 1.14. The second-order valence-corrected chi connectivity index (χ2v) is 7.37. The summed E-state index contributed by atoms with van der Waals surface area (Å²) in [5.74, 6) is -0.375. The predicted molar refractivity (Wildman–Crippen MR) is 101 cm³/mol. The average Bonchev–Trinajstić information content (AvgIpc) is 3.28. The molecule has 4 rings (SSSR count). The fraction of sp³-hybridized carbons (Fsp3) is 0.333. The van der Waals surface area contributed by atoms with Gasteiger partial charge in [0.05, 0.1) is 11.3 Å². The molecule has 1 fully saturated rings. The van der Waals surface area contributed by atoms with Crippen LogP contribution in [0.3, 0.4) is 0 Å². The van der Waals surface area contributed by atoms with Gasteiger partial charge in [-0.1, -0.05) is 25.0 Å². The van der Waals surface area contributed by atoms with Crippen molar-refractivity contribution in [3.8, 4) is 11.3 Å². The van der Waals surface area contributed by atoms with Gasteiger partial charge in [0, 0.05) is 18.2 Å². The van der Waals surface area contributed by atoms with Crippen molar-refractivity contribution in [1.82, 2.24) is 9.38 Å². The van der Waals surface area contributed by atoms with E-state index in [0.717, 1.165) is 44.0 Å². The number of hydrogen-bond donors (Lipinski definition) is 1. The Labute approximate surface area is 164 Å². The standard InChI is InChI=1S/C21H19F4N3O/c22-16-8-9-17-26-20(27-18(29)10-13-4-1-2-5-13)19(28(17)12-16)14-6-3-7-15(11-14)21(23,24)25/h3,6-9,11-13H,1-2,4-5,10H2,(H,27,29). The normalized spacial score (nSPS) is 15.2. The Balaban J connectivity index is 1.76. The summed E-state index contributed by atoms with van der Waals surface area (Å²) in [7, 11) is 0. The number of nitrogens with one attached hydrogen (secondary N) is 1. The lowest BCUT2D eigenvalue weighted by molar-refractivity contribution is -0.137. The topological polar surface area (TPSA) is 46.4 Å². The first-order valence-corrected chi connectivity index (χ1v) is 9.46. The SMILES string of the molecule is O=C(CC1CCCC1)Nc1nc2ccc(F)cn2c1-c1cccc(C(F)(F)F)c1. The Morgan fingerprint density at radius 3 is 2.66 bits per heavy atom. The molecule has 1 aromatic carbocycles. The zero-order valence-electron chi connectivity index (χ0n) is 15.5.